The van der Waals surface area contributed by atoms with E-state index >= 15 is 0 Å². The molecule has 0 radical (unpaired) electrons. The molecule has 0 spiro atoms. The van der Waals surface area contributed by atoms with Crippen molar-refractivity contribution >= 4 is 23.6 Å². The molecule has 1 rings (SSSR count). The minimum atomic E-state index is -1.02. The summed E-state index contributed by atoms with van der Waals surface area (Å²) in [6, 6.07) is 2.67. The van der Waals surface area contributed by atoms with Gasteiger partial charge in [0.05, 0.1) is 18.6 Å². The number of rotatable bonds is 8. The first-order chi connectivity index (χ1) is 8.59. The lowest BCUT2D eigenvalue weighted by molar-refractivity contribution is -0.138. The number of carbonyl (C=O) groups excluding carboxylic acids is 1. The van der Waals surface area contributed by atoms with Crippen LogP contribution in [-0.4, -0.2) is 34.5 Å². The van der Waals surface area contributed by atoms with E-state index in [4.69, 9.17) is 15.3 Å². The van der Waals surface area contributed by atoms with Crippen molar-refractivity contribution in [2.75, 3.05) is 11.5 Å². The summed E-state index contributed by atoms with van der Waals surface area (Å²) in [5.41, 5.74) is 5.33. The van der Waals surface area contributed by atoms with Crippen molar-refractivity contribution in [3.05, 3.63) is 24.2 Å². The number of carbonyl (C=O) groups is 2. The zero-order chi connectivity index (χ0) is 13.4. The van der Waals surface area contributed by atoms with Crippen LogP contribution in [0.2, 0.25) is 0 Å². The van der Waals surface area contributed by atoms with Crippen LogP contribution >= 0.6 is 11.8 Å². The molecular formula is C11H16N2O4S. The molecule has 6 nitrogen and oxygen atoms in total. The van der Waals surface area contributed by atoms with Gasteiger partial charge in [0.15, 0.2) is 0 Å². The maximum Gasteiger partial charge on any atom is 0.320 e. The van der Waals surface area contributed by atoms with Crippen molar-refractivity contribution in [1.82, 2.24) is 5.32 Å². The molecule has 0 aliphatic heterocycles. The number of amides is 1. The van der Waals surface area contributed by atoms with Crippen molar-refractivity contribution in [2.45, 2.75) is 19.0 Å². The van der Waals surface area contributed by atoms with E-state index in [1.165, 1.54) is 11.8 Å². The van der Waals surface area contributed by atoms with E-state index in [2.05, 4.69) is 5.32 Å². The van der Waals surface area contributed by atoms with Crippen molar-refractivity contribution in [2.24, 2.45) is 5.73 Å². The summed E-state index contributed by atoms with van der Waals surface area (Å²) in [6.07, 6.45) is 1.90. The van der Waals surface area contributed by atoms with Crippen LogP contribution in [0.1, 0.15) is 12.2 Å². The standard InChI is InChI=1S/C11H16N2O4S/c12-9(11(15)16)3-5-18-7-10(14)13-6-8-2-1-4-17-8/h1-2,4,9H,3,5-7,12H2,(H,13,14)(H,15,16). The summed E-state index contributed by atoms with van der Waals surface area (Å²) in [5.74, 6) is 0.397. The Hall–Kier alpha value is -1.47. The van der Waals surface area contributed by atoms with E-state index in [9.17, 15) is 9.59 Å². The number of aliphatic carboxylic acids is 1. The maximum atomic E-state index is 11.4. The van der Waals surface area contributed by atoms with Crippen LogP contribution in [-0.2, 0) is 16.1 Å². The number of hydrogen-bond donors (Lipinski definition) is 3. The highest BCUT2D eigenvalue weighted by molar-refractivity contribution is 7.99. The number of nitrogens with one attached hydrogen (secondary N) is 1. The second-order valence-corrected chi connectivity index (χ2v) is 4.75. The zero-order valence-electron chi connectivity index (χ0n) is 9.80. The molecule has 18 heavy (non-hydrogen) atoms. The second-order valence-electron chi connectivity index (χ2n) is 3.64. The molecule has 0 fully saturated rings. The third-order valence-electron chi connectivity index (χ3n) is 2.16. The molecule has 0 aromatic carbocycles. The van der Waals surface area contributed by atoms with Gasteiger partial charge in [0, 0.05) is 0 Å². The smallest absolute Gasteiger partial charge is 0.320 e. The first-order valence-electron chi connectivity index (χ1n) is 5.45. The molecule has 1 aromatic heterocycles. The van der Waals surface area contributed by atoms with Gasteiger partial charge in [-0.25, -0.2) is 0 Å². The fraction of sp³-hybridized carbons (Fsp3) is 0.455. The summed E-state index contributed by atoms with van der Waals surface area (Å²) in [6.45, 7) is 0.362. The highest BCUT2D eigenvalue weighted by Gasteiger charge is 2.11. The third kappa shape index (κ3) is 5.74. The molecule has 7 heteroatoms. The van der Waals surface area contributed by atoms with Gasteiger partial charge in [0.2, 0.25) is 5.91 Å². The monoisotopic (exact) mass is 272 g/mol. The number of furan rings is 1. The molecule has 1 amide bonds. The fourth-order valence-corrected chi connectivity index (χ4v) is 2.00. The lowest BCUT2D eigenvalue weighted by Gasteiger charge is -2.06. The van der Waals surface area contributed by atoms with E-state index < -0.39 is 12.0 Å². The SMILES string of the molecule is NC(CCSCC(=O)NCc1ccco1)C(=O)O. The Balaban J connectivity index is 2.05. The summed E-state index contributed by atoms with van der Waals surface area (Å²) >= 11 is 1.36. The molecule has 0 saturated carbocycles. The van der Waals surface area contributed by atoms with E-state index in [1.54, 1.807) is 18.4 Å². The first kappa shape index (κ1) is 14.6. The van der Waals surface area contributed by atoms with Crippen molar-refractivity contribution in [3.8, 4) is 0 Å². The van der Waals surface area contributed by atoms with Gasteiger partial charge >= 0.3 is 5.97 Å². The highest BCUT2D eigenvalue weighted by Crippen LogP contribution is 2.04. The number of nitrogens with two attached hydrogens (primary N) is 1. The van der Waals surface area contributed by atoms with E-state index in [-0.39, 0.29) is 11.7 Å². The lowest BCUT2D eigenvalue weighted by atomic mass is 10.2. The van der Waals surface area contributed by atoms with Gasteiger partial charge in [-0.1, -0.05) is 0 Å². The molecule has 1 aromatic rings. The molecule has 0 aliphatic carbocycles. The van der Waals surface area contributed by atoms with E-state index in [1.807, 2.05) is 0 Å². The van der Waals surface area contributed by atoms with E-state index in [0.29, 0.717) is 24.5 Å². The van der Waals surface area contributed by atoms with Crippen molar-refractivity contribution < 1.29 is 19.1 Å². The largest absolute Gasteiger partial charge is 0.480 e. The highest BCUT2D eigenvalue weighted by atomic mass is 32.2. The Morgan fingerprint density at radius 1 is 1.56 bits per heavy atom. The van der Waals surface area contributed by atoms with Crippen LogP contribution in [0.25, 0.3) is 0 Å². The van der Waals surface area contributed by atoms with Gasteiger partial charge < -0.3 is 20.6 Å². The van der Waals surface area contributed by atoms with Crippen LogP contribution in [0, 0.1) is 0 Å². The van der Waals surface area contributed by atoms with Crippen LogP contribution < -0.4 is 11.1 Å². The normalized spacial score (nSPS) is 12.1. The summed E-state index contributed by atoms with van der Waals surface area (Å²) in [4.78, 5) is 21.8. The van der Waals surface area contributed by atoms with Crippen LogP contribution in [0.5, 0.6) is 0 Å². The zero-order valence-corrected chi connectivity index (χ0v) is 10.6. The van der Waals surface area contributed by atoms with E-state index in [0.717, 1.165) is 0 Å². The summed E-state index contributed by atoms with van der Waals surface area (Å²) < 4.78 is 5.06. The predicted molar refractivity (Wildman–Crippen MR) is 68.1 cm³/mol. The minimum Gasteiger partial charge on any atom is -0.480 e. The molecule has 1 atom stereocenters. The topological polar surface area (TPSA) is 106 Å². The Bertz CT molecular complexity index is 380. The van der Waals surface area contributed by atoms with Gasteiger partial charge in [-0.05, 0) is 24.3 Å². The van der Waals surface area contributed by atoms with Gasteiger partial charge in [-0.15, -0.1) is 0 Å². The maximum absolute atomic E-state index is 11.4. The first-order valence-corrected chi connectivity index (χ1v) is 6.60. The molecule has 1 unspecified atom stereocenters. The number of hydrogen-bond acceptors (Lipinski definition) is 5. The minimum absolute atomic E-state index is 0.111. The molecule has 4 N–H and O–H groups in total. The lowest BCUT2D eigenvalue weighted by Crippen LogP contribution is -2.30. The molecular weight excluding hydrogens is 256 g/mol. The van der Waals surface area contributed by atoms with Gasteiger partial charge in [0.25, 0.3) is 0 Å². The van der Waals surface area contributed by atoms with Crippen LogP contribution in [0.15, 0.2) is 22.8 Å². The molecule has 0 aliphatic rings. The number of thioether (sulfide) groups is 1. The van der Waals surface area contributed by atoms with Crippen LogP contribution in [0.4, 0.5) is 0 Å². The Morgan fingerprint density at radius 2 is 2.33 bits per heavy atom. The molecule has 0 saturated heterocycles. The fourth-order valence-electron chi connectivity index (χ4n) is 1.15. The Labute approximate surface area is 109 Å². The summed E-state index contributed by atoms with van der Waals surface area (Å²) in [7, 11) is 0. The van der Waals surface area contributed by atoms with Crippen LogP contribution in [0.3, 0.4) is 0 Å². The predicted octanol–water partition coefficient (Wildman–Crippen LogP) is 0.431. The third-order valence-corrected chi connectivity index (χ3v) is 3.15. The average molecular weight is 272 g/mol. The Kier molecular flexibility index (Phi) is 6.31. The molecule has 0 bridgehead atoms. The van der Waals surface area contributed by atoms with Gasteiger partial charge in [-0.3, -0.25) is 9.59 Å². The van der Waals surface area contributed by atoms with Crippen molar-refractivity contribution in [1.29, 1.82) is 0 Å². The quantitative estimate of drug-likeness (QED) is 0.593. The average Bonchev–Trinajstić information content (AvgIpc) is 2.84. The molecule has 1 heterocycles. The molecule has 100 valence electrons. The van der Waals surface area contributed by atoms with Gasteiger partial charge in [-0.2, -0.15) is 11.8 Å². The number of carboxylic acids is 1. The van der Waals surface area contributed by atoms with Gasteiger partial charge in [0.1, 0.15) is 11.8 Å². The Morgan fingerprint density at radius 3 is 2.94 bits per heavy atom. The van der Waals surface area contributed by atoms with Crippen molar-refractivity contribution in [3.63, 3.8) is 0 Å². The summed E-state index contributed by atoms with van der Waals surface area (Å²) in [5, 5.41) is 11.3. The second kappa shape index (κ2) is 7.78. The number of carboxylic acid groups (broad SMARTS) is 1.